The maximum Gasteiger partial charge on any atom is 0.573 e. The van der Waals surface area contributed by atoms with Crippen LogP contribution in [0.5, 0.6) is 11.8 Å². The Balaban J connectivity index is 2.06. The van der Waals surface area contributed by atoms with Crippen LogP contribution in [0.1, 0.15) is 5.82 Å². The highest BCUT2D eigenvalue weighted by Crippen LogP contribution is 2.31. The van der Waals surface area contributed by atoms with Gasteiger partial charge in [0, 0.05) is 0 Å². The van der Waals surface area contributed by atoms with E-state index in [1.807, 2.05) is 5.32 Å². The van der Waals surface area contributed by atoms with Crippen LogP contribution in [0, 0.1) is 0 Å². The van der Waals surface area contributed by atoms with Crippen LogP contribution in [-0.4, -0.2) is 38.7 Å². The molecule has 0 aliphatic carbocycles. The van der Waals surface area contributed by atoms with Gasteiger partial charge in [-0.05, 0) is 23.7 Å². The molecule has 164 valence electrons. The van der Waals surface area contributed by atoms with Gasteiger partial charge < -0.3 is 9.47 Å². The van der Waals surface area contributed by atoms with E-state index in [4.69, 9.17) is 11.6 Å². The molecule has 30 heavy (non-hydrogen) atoms. The molecule has 0 radical (unpaired) electrons. The van der Waals surface area contributed by atoms with Gasteiger partial charge in [-0.3, -0.25) is 5.32 Å². The van der Waals surface area contributed by atoms with E-state index in [1.54, 1.807) is 5.48 Å². The van der Waals surface area contributed by atoms with Gasteiger partial charge in [0.1, 0.15) is 10.6 Å². The minimum Gasteiger partial charge on any atom is -0.467 e. The number of hydroxylamine groups is 1. The summed E-state index contributed by atoms with van der Waals surface area (Å²) in [5.41, 5.74) is 1.57. The summed E-state index contributed by atoms with van der Waals surface area (Å²) in [5.74, 6) is -2.82. The van der Waals surface area contributed by atoms with Gasteiger partial charge in [0.2, 0.25) is 22.9 Å². The fourth-order valence-corrected chi connectivity index (χ4v) is 2.46. The number of ether oxygens (including phenoxy) is 2. The van der Waals surface area contributed by atoms with Crippen LogP contribution in [0.4, 0.5) is 32.7 Å². The Morgan fingerprint density at radius 1 is 1.13 bits per heavy atom. The summed E-state index contributed by atoms with van der Waals surface area (Å²) in [6.07, 6.45) is -5.06. The zero-order valence-electron chi connectivity index (χ0n) is 14.4. The van der Waals surface area contributed by atoms with E-state index in [0.717, 1.165) is 19.2 Å². The predicted molar refractivity (Wildman–Crippen MR) is 88.9 cm³/mol. The lowest BCUT2D eigenvalue weighted by atomic mass is 10.3. The Morgan fingerprint density at radius 3 is 2.40 bits per heavy atom. The second kappa shape index (κ2) is 9.31. The summed E-state index contributed by atoms with van der Waals surface area (Å²) in [5, 5.41) is -2.18. The van der Waals surface area contributed by atoms with Crippen LogP contribution in [0.2, 0.25) is 0 Å². The monoisotopic (exact) mass is 477 g/mol. The lowest BCUT2D eigenvalue weighted by molar-refractivity contribution is -0.275. The second-order valence-electron chi connectivity index (χ2n) is 4.84. The molecule has 0 bridgehead atoms. The number of alkyl halides is 6. The number of carbonyl (C=O) groups is 1. The van der Waals surface area contributed by atoms with Gasteiger partial charge in [0.05, 0.1) is 7.11 Å². The van der Waals surface area contributed by atoms with Crippen molar-refractivity contribution in [3.63, 3.8) is 0 Å². The molecule has 0 saturated carbocycles. The molecule has 1 aromatic heterocycles. The van der Waals surface area contributed by atoms with Crippen molar-refractivity contribution >= 4 is 34.7 Å². The molecule has 1 unspecified atom stereocenters. The maximum absolute atomic E-state index is 13.2. The summed E-state index contributed by atoms with van der Waals surface area (Å²) >= 11 is 2.15. The number of halogens is 6. The van der Waals surface area contributed by atoms with Gasteiger partial charge in [-0.15, -0.1) is 13.2 Å². The molecule has 0 aliphatic heterocycles. The van der Waals surface area contributed by atoms with Crippen molar-refractivity contribution in [3.05, 3.63) is 30.1 Å². The molecule has 1 aromatic carbocycles. The summed E-state index contributed by atoms with van der Waals surface area (Å²) < 4.78 is 88.2. The van der Waals surface area contributed by atoms with E-state index >= 15 is 0 Å². The van der Waals surface area contributed by atoms with Crippen molar-refractivity contribution in [1.29, 1.82) is 0 Å². The number of anilines is 1. The first-order chi connectivity index (χ1) is 13.9. The van der Waals surface area contributed by atoms with Crippen molar-refractivity contribution in [3.8, 4) is 11.8 Å². The highest BCUT2D eigenvalue weighted by molar-refractivity contribution is 7.80. The Kier molecular flexibility index (Phi) is 7.27. The van der Waals surface area contributed by atoms with Gasteiger partial charge in [0.25, 0.3) is 0 Å². The van der Waals surface area contributed by atoms with Gasteiger partial charge in [-0.25, -0.2) is 14.5 Å². The molecule has 0 fully saturated rings. The Hall–Kier alpha value is -2.85. The van der Waals surface area contributed by atoms with E-state index < -0.39 is 57.3 Å². The molecule has 2 amide bonds. The molecule has 1 atom stereocenters. The molecular weight excluding hydrogens is 469 g/mol. The Morgan fingerprint density at radius 2 is 1.80 bits per heavy atom. The number of nitrogens with one attached hydrogen (secondary N) is 2. The highest BCUT2D eigenvalue weighted by atomic mass is 35.5. The summed E-state index contributed by atoms with van der Waals surface area (Å²) in [6, 6.07) is 2.34. The molecule has 0 spiro atoms. The number of para-hydroxylation sites is 1. The standard InChI is InChI=1S/C13H9ClF5N5O5S/c1-27-11-21-8(12(14,15)16)20-9(23-11)22-10(25)24-29-30(26)7-5-3-2-4-6(7)28-13(17,18)19/h2-5H,1H3,(H2,20,21,22,23,24,25). The van der Waals surface area contributed by atoms with Gasteiger partial charge >= 0.3 is 23.8 Å². The molecule has 2 N–H and O–H groups in total. The number of rotatable bonds is 7. The number of methoxy groups -OCH3 is 1. The molecule has 10 nitrogen and oxygen atoms in total. The fraction of sp³-hybridized carbons (Fsp3) is 0.231. The summed E-state index contributed by atoms with van der Waals surface area (Å²) in [6.45, 7) is 0. The Labute approximate surface area is 171 Å². The SMILES string of the molecule is COc1nc(NC(=O)NOS(=O)c2ccccc2OC(F)(F)F)nc(C(F)(F)Cl)n1. The number of urea groups is 1. The summed E-state index contributed by atoms with van der Waals surface area (Å²) in [4.78, 5) is 21.1. The van der Waals surface area contributed by atoms with Crippen molar-refractivity contribution in [2.45, 2.75) is 16.6 Å². The van der Waals surface area contributed by atoms with Gasteiger partial charge in [-0.1, -0.05) is 12.1 Å². The zero-order valence-corrected chi connectivity index (χ0v) is 15.9. The lowest BCUT2D eigenvalue weighted by Crippen LogP contribution is -2.31. The normalized spacial score (nSPS) is 12.8. The summed E-state index contributed by atoms with van der Waals surface area (Å²) in [7, 11) is 1.04. The van der Waals surface area contributed by atoms with Crippen LogP contribution in [0.3, 0.4) is 0 Å². The van der Waals surface area contributed by atoms with Crippen molar-refractivity contribution < 1.29 is 44.7 Å². The molecule has 0 aliphatic rings. The number of hydrogen-bond acceptors (Lipinski definition) is 8. The van der Waals surface area contributed by atoms with Crippen LogP contribution in [0.15, 0.2) is 29.2 Å². The van der Waals surface area contributed by atoms with E-state index in [9.17, 15) is 31.0 Å². The van der Waals surface area contributed by atoms with Crippen molar-refractivity contribution in [2.24, 2.45) is 0 Å². The first kappa shape index (κ1) is 23.4. The average Bonchev–Trinajstić information content (AvgIpc) is 2.64. The number of carbonyl (C=O) groups excluding carboxylic acids is 1. The van der Waals surface area contributed by atoms with Crippen LogP contribution in [-0.2, 0) is 20.7 Å². The molecule has 17 heteroatoms. The minimum absolute atomic E-state index is 0.555. The van der Waals surface area contributed by atoms with Gasteiger partial charge in [-0.2, -0.15) is 28.0 Å². The van der Waals surface area contributed by atoms with Gasteiger partial charge in [0.15, 0.2) is 0 Å². The number of amides is 2. The number of benzene rings is 1. The van der Waals surface area contributed by atoms with E-state index in [1.165, 1.54) is 12.1 Å². The second-order valence-corrected chi connectivity index (χ2v) is 6.39. The first-order valence-electron chi connectivity index (χ1n) is 7.27. The van der Waals surface area contributed by atoms with Crippen LogP contribution in [0.25, 0.3) is 0 Å². The third-order valence-electron chi connectivity index (χ3n) is 2.74. The van der Waals surface area contributed by atoms with E-state index in [-0.39, 0.29) is 0 Å². The highest BCUT2D eigenvalue weighted by Gasteiger charge is 2.34. The number of nitrogens with zero attached hydrogens (tertiary/aromatic N) is 3. The van der Waals surface area contributed by atoms with Crippen LogP contribution < -0.4 is 20.3 Å². The predicted octanol–water partition coefficient (Wildman–Crippen LogP) is 2.84. The molecular formula is C13H9ClF5N5O5S. The topological polar surface area (TPSA) is 125 Å². The van der Waals surface area contributed by atoms with E-state index in [0.29, 0.717) is 0 Å². The fourth-order valence-electron chi connectivity index (χ4n) is 1.67. The Bertz CT molecular complexity index is 945. The molecule has 2 rings (SSSR count). The third kappa shape index (κ3) is 6.89. The van der Waals surface area contributed by atoms with Crippen molar-refractivity contribution in [2.75, 3.05) is 12.4 Å². The quantitative estimate of drug-likeness (QED) is 0.354. The molecule has 1 heterocycles. The number of aromatic nitrogens is 3. The lowest BCUT2D eigenvalue weighted by Gasteiger charge is -2.13. The average molecular weight is 478 g/mol. The smallest absolute Gasteiger partial charge is 0.467 e. The first-order valence-corrected chi connectivity index (χ1v) is 8.72. The van der Waals surface area contributed by atoms with Crippen LogP contribution >= 0.6 is 11.6 Å². The minimum atomic E-state index is -5.06. The largest absolute Gasteiger partial charge is 0.573 e. The molecule has 2 aromatic rings. The maximum atomic E-state index is 13.2. The zero-order chi connectivity index (χ0) is 22.5. The van der Waals surface area contributed by atoms with Crippen molar-refractivity contribution in [1.82, 2.24) is 20.4 Å². The molecule has 0 saturated heterocycles. The van der Waals surface area contributed by atoms with E-state index in [2.05, 4.69) is 28.7 Å². The number of hydrogen-bond donors (Lipinski definition) is 2. The third-order valence-corrected chi connectivity index (χ3v) is 3.84.